The number of imidazole rings is 2. The average molecular weight is 1360 g/mol. The molecular weight excluding hydrogens is 1310 g/mol. The highest BCUT2D eigenvalue weighted by atomic mass is 79.9. The number of rotatable bonds is 16. The van der Waals surface area contributed by atoms with Crippen LogP contribution >= 0.6 is 71.0 Å². The molecule has 0 unspecified atom stereocenters. The quantitative estimate of drug-likeness (QED) is 0.0518. The highest BCUT2D eigenvalue weighted by Gasteiger charge is 2.19. The van der Waals surface area contributed by atoms with E-state index in [9.17, 15) is 31.9 Å². The van der Waals surface area contributed by atoms with E-state index >= 15 is 0 Å². The van der Waals surface area contributed by atoms with E-state index in [1.807, 2.05) is 72.1 Å². The minimum absolute atomic E-state index is 0.00558. The van der Waals surface area contributed by atoms with Crippen molar-refractivity contribution in [3.63, 3.8) is 0 Å². The van der Waals surface area contributed by atoms with E-state index in [1.54, 1.807) is 41.3 Å². The molecule has 8 rings (SSSR count). The Balaban J connectivity index is 0.000000226. The number of hydrogen-bond acceptors (Lipinski definition) is 14. The summed E-state index contributed by atoms with van der Waals surface area (Å²) in [6.07, 6.45) is 4.82. The monoisotopic (exact) mass is 1360 g/mol. The molecule has 8 aromatic heterocycles. The Morgan fingerprint density at radius 1 is 0.630 bits per heavy atom. The van der Waals surface area contributed by atoms with Crippen LogP contribution in [0.15, 0.2) is 111 Å². The first-order valence-corrected chi connectivity index (χ1v) is 27.2. The second-order valence-corrected chi connectivity index (χ2v) is 21.2. The van der Waals surface area contributed by atoms with Gasteiger partial charge in [-0.1, -0.05) is 35.3 Å². The molecule has 0 aliphatic heterocycles. The topological polar surface area (TPSA) is 262 Å². The smallest absolute Gasteiger partial charge is 0.323 e. The van der Waals surface area contributed by atoms with Crippen LogP contribution in [0.5, 0.6) is 23.0 Å². The summed E-state index contributed by atoms with van der Waals surface area (Å²) in [6.45, 7) is 15.1. The Morgan fingerprint density at radius 3 is 1.57 bits per heavy atom. The predicted molar refractivity (Wildman–Crippen MR) is 308 cm³/mol. The van der Waals surface area contributed by atoms with Crippen molar-refractivity contribution in [2.45, 2.75) is 106 Å². The summed E-state index contributed by atoms with van der Waals surface area (Å²) < 4.78 is 79.1. The molecule has 6 N–H and O–H groups in total. The number of aromatic nitrogens is 8. The number of alkyl halides is 4. The molecular formula is C53H56Br3Cl2F4N11O8. The second-order valence-electron chi connectivity index (χ2n) is 17.9. The molecule has 8 aromatic rings. The zero-order valence-electron chi connectivity index (χ0n) is 44.6. The second kappa shape index (κ2) is 31.4. The van der Waals surface area contributed by atoms with E-state index in [0.29, 0.717) is 43.3 Å². The number of carbonyl (C=O) groups is 3. The summed E-state index contributed by atoms with van der Waals surface area (Å²) in [6, 6.07) is 14.5. The molecule has 0 fully saturated rings. The van der Waals surface area contributed by atoms with Crippen molar-refractivity contribution < 1.29 is 56.0 Å². The van der Waals surface area contributed by atoms with Gasteiger partial charge in [-0.05, 0) is 127 Å². The lowest BCUT2D eigenvalue weighted by atomic mass is 10.1. The van der Waals surface area contributed by atoms with Crippen molar-refractivity contribution >= 4 is 106 Å². The van der Waals surface area contributed by atoms with E-state index in [1.165, 1.54) is 47.2 Å². The Labute approximate surface area is 497 Å². The van der Waals surface area contributed by atoms with Crippen LogP contribution in [0.3, 0.4) is 0 Å². The predicted octanol–water partition coefficient (Wildman–Crippen LogP) is 13.0. The molecule has 19 nitrogen and oxygen atoms in total. The number of carboxylic acids is 1. The number of anilines is 1. The number of nitrogen functional groups attached to an aromatic ring is 1. The van der Waals surface area contributed by atoms with E-state index in [-0.39, 0.29) is 60.0 Å². The molecule has 8 heterocycles. The van der Waals surface area contributed by atoms with Crippen LogP contribution in [-0.2, 0) is 17.8 Å². The number of carbonyl (C=O) groups excluding carboxylic acids is 2. The number of fused-ring (bicyclic) bond motifs is 2. The van der Waals surface area contributed by atoms with Gasteiger partial charge in [0.05, 0.1) is 37.8 Å². The normalized spacial score (nSPS) is 10.9. The van der Waals surface area contributed by atoms with Gasteiger partial charge in [0, 0.05) is 73.4 Å². The summed E-state index contributed by atoms with van der Waals surface area (Å²) in [7, 11) is 0. The van der Waals surface area contributed by atoms with Gasteiger partial charge in [0.25, 0.3) is 18.8 Å². The number of aliphatic carboxylic acids is 1. The van der Waals surface area contributed by atoms with E-state index < -0.39 is 36.1 Å². The first kappa shape index (κ1) is 66.6. The van der Waals surface area contributed by atoms with Crippen molar-refractivity contribution in [3.05, 3.63) is 155 Å². The number of Topliss-reactive ketones (excluding diaryl/α,β-unsaturated/α-hetero) is 1. The lowest BCUT2D eigenvalue weighted by Crippen LogP contribution is -2.24. The number of hydrogen-bond donors (Lipinski definition) is 4. The van der Waals surface area contributed by atoms with Crippen LogP contribution < -0.4 is 35.9 Å². The van der Waals surface area contributed by atoms with Gasteiger partial charge in [-0.15, -0.1) is 0 Å². The van der Waals surface area contributed by atoms with Crippen LogP contribution in [0.25, 0.3) is 11.3 Å². The number of amides is 1. The fraction of sp³-hybridized carbons (Fsp3) is 0.302. The van der Waals surface area contributed by atoms with Crippen molar-refractivity contribution in [2.24, 2.45) is 5.73 Å². The number of carboxylic acid groups (broad SMARTS) is 1. The molecule has 0 aliphatic carbocycles. The molecule has 1 amide bonds. The fourth-order valence-corrected chi connectivity index (χ4v) is 8.05. The van der Waals surface area contributed by atoms with Gasteiger partial charge in [0.2, 0.25) is 0 Å². The van der Waals surface area contributed by atoms with Crippen LogP contribution in [0, 0.1) is 5.41 Å². The first-order valence-electron chi connectivity index (χ1n) is 24.1. The van der Waals surface area contributed by atoms with Gasteiger partial charge in [0.15, 0.2) is 5.78 Å². The maximum atomic E-state index is 12.8. The third-order valence-corrected chi connectivity index (χ3v) is 11.8. The van der Waals surface area contributed by atoms with E-state index in [4.69, 9.17) is 64.1 Å². The van der Waals surface area contributed by atoms with Gasteiger partial charge < -0.3 is 48.9 Å². The first-order chi connectivity index (χ1) is 38.0. The summed E-state index contributed by atoms with van der Waals surface area (Å²) in [5, 5.41) is 17.1. The largest absolute Gasteiger partial charge is 0.491 e. The molecule has 0 atom stereocenters. The zero-order chi connectivity index (χ0) is 60.4. The molecule has 28 heteroatoms. The minimum atomic E-state index is -2.73. The van der Waals surface area contributed by atoms with Crippen LogP contribution in [0.4, 0.5) is 23.4 Å². The maximum Gasteiger partial charge on any atom is 0.323 e. The average Bonchev–Trinajstić information content (AvgIpc) is 3.93. The highest BCUT2D eigenvalue weighted by molar-refractivity contribution is 9.11. The van der Waals surface area contributed by atoms with Crippen molar-refractivity contribution in [2.75, 3.05) is 5.73 Å². The Morgan fingerprint density at radius 2 is 1.07 bits per heavy atom. The molecule has 0 bridgehead atoms. The van der Waals surface area contributed by atoms with E-state index in [0.717, 1.165) is 32.2 Å². The lowest BCUT2D eigenvalue weighted by Gasteiger charge is -2.14. The number of primary amides is 1. The van der Waals surface area contributed by atoms with Gasteiger partial charge in [-0.2, -0.15) is 0 Å². The number of nitrogens with one attached hydrogen (secondary N) is 1. The molecule has 0 saturated heterocycles. The van der Waals surface area contributed by atoms with Gasteiger partial charge in [-0.3, -0.25) is 19.8 Å². The van der Waals surface area contributed by atoms with Gasteiger partial charge in [-0.25, -0.2) is 42.5 Å². The Kier molecular flexibility index (Phi) is 25.8. The fourth-order valence-electron chi connectivity index (χ4n) is 6.48. The van der Waals surface area contributed by atoms with Crippen LogP contribution in [0.1, 0.15) is 106 Å². The van der Waals surface area contributed by atoms with Crippen molar-refractivity contribution in [1.82, 2.24) is 38.3 Å². The SMILES string of the molecule is CC(C)Oc1cc(=N)n(CC(=O)O)cc1Br.CC(C)Oc1cc(N)ncc1Br.CC(C)Oc1cc2nc(Cl)cn2cc1Br.CC(C)Oc1cc2nc(Cl)cn2cc1CC(=O)c1cccc(C(F)F)n1.NC(=O)c1cccc(C(F)F)n1. The third kappa shape index (κ3) is 21.8. The molecule has 0 spiro atoms. The lowest BCUT2D eigenvalue weighted by molar-refractivity contribution is -0.137. The number of ketones is 1. The van der Waals surface area contributed by atoms with E-state index in [2.05, 4.69) is 72.7 Å². The summed E-state index contributed by atoms with van der Waals surface area (Å²) >= 11 is 21.8. The zero-order valence-corrected chi connectivity index (χ0v) is 50.8. The summed E-state index contributed by atoms with van der Waals surface area (Å²) in [5.74, 6) is 0.841. The summed E-state index contributed by atoms with van der Waals surface area (Å²) in [5.41, 5.74) is 11.4. The number of nitrogens with zero attached hydrogens (tertiary/aromatic N) is 8. The number of nitrogens with two attached hydrogens (primary N) is 2. The maximum absolute atomic E-state index is 12.8. The molecule has 0 saturated carbocycles. The Bertz CT molecular complexity index is 3500. The van der Waals surface area contributed by atoms with Crippen LogP contribution in [-0.4, -0.2) is 85.5 Å². The molecule has 0 aliphatic rings. The minimum Gasteiger partial charge on any atom is -0.491 e. The van der Waals surface area contributed by atoms with Crippen molar-refractivity contribution in [1.29, 1.82) is 5.41 Å². The van der Waals surface area contributed by atoms with Crippen molar-refractivity contribution in [3.8, 4) is 23.0 Å². The number of ether oxygens (including phenoxy) is 4. The molecule has 81 heavy (non-hydrogen) atoms. The highest BCUT2D eigenvalue weighted by Crippen LogP contribution is 2.30. The molecule has 434 valence electrons. The van der Waals surface area contributed by atoms with Gasteiger partial charge in [0.1, 0.15) is 85.2 Å². The third-order valence-electron chi connectivity index (χ3n) is 9.64. The molecule has 0 radical (unpaired) electrons. The van der Waals surface area contributed by atoms with Crippen LogP contribution in [0.2, 0.25) is 10.3 Å². The molecule has 0 aromatic carbocycles. The number of halogens is 9. The van der Waals surface area contributed by atoms with Gasteiger partial charge >= 0.3 is 5.97 Å². The number of pyridine rings is 6. The Hall–Kier alpha value is -6.87. The standard InChI is InChI=1S/C18H16ClF2N3O2.C10H10BrClN2O.C10H13BrN2O3.C8H11BrN2O.C7H6F2N2O/c1-10(2)26-15-7-17-23-16(19)9-24(17)8-11(15)6-14(25)12-4-3-5-13(22-12)18(20)21;1-6(2)15-8-3-10-13-9(12)5-14(10)4-7(8)11;1-6(2)16-8-3-9(12)13(4-7(8)11)5-10(14)15;1-5(2)12-7-3-8(10)11-4-6(7)9;8-6(9)4-2-1-3-5(11-4)7(10)12/h3-5,7-10,18H,6H2,1-2H3;3-6H,1-2H3;3-4,6,12H,5H2,1-2H3,(H,14,15);3-5H,1-2H3,(H2,10,11);1-3,6H,(H2,10,12). The summed E-state index contributed by atoms with van der Waals surface area (Å²) in [4.78, 5) is 52.9.